The maximum Gasteiger partial charge on any atom is 0.163 e. The highest BCUT2D eigenvalue weighted by molar-refractivity contribution is 6.36. The Bertz CT molecular complexity index is 1270. The standard InChI is InChI=1S/C25H24Cl2N6O/c1-34-22-6-3-2-5-19(22)21-14-24(30-12-4-11-29-23-10-8-17(28)15-31-23)33-25(32-21)18-9-7-16(26)13-20(18)27/h2-3,5-10,13-15H,4,11-12,28H2,1H3,(H,29,31)(H,30,32,33). The van der Waals surface area contributed by atoms with Gasteiger partial charge in [-0.15, -0.1) is 0 Å². The third-order valence-electron chi connectivity index (χ3n) is 5.03. The minimum absolute atomic E-state index is 0.482. The van der Waals surface area contributed by atoms with Gasteiger partial charge in [-0.25, -0.2) is 15.0 Å². The van der Waals surface area contributed by atoms with E-state index in [1.165, 1.54) is 0 Å². The molecule has 4 rings (SSSR count). The van der Waals surface area contributed by atoms with Crippen LogP contribution >= 0.6 is 23.2 Å². The van der Waals surface area contributed by atoms with Gasteiger partial charge in [0.25, 0.3) is 0 Å². The molecule has 0 atom stereocenters. The Morgan fingerprint density at radius 3 is 2.41 bits per heavy atom. The number of para-hydroxylation sites is 1. The van der Waals surface area contributed by atoms with Crippen LogP contribution in [0.3, 0.4) is 0 Å². The third-order valence-corrected chi connectivity index (χ3v) is 5.58. The SMILES string of the molecule is COc1ccccc1-c1cc(NCCCNc2ccc(N)cn2)nc(-c2ccc(Cl)cc2Cl)n1. The van der Waals surface area contributed by atoms with Gasteiger partial charge in [-0.3, -0.25) is 0 Å². The van der Waals surface area contributed by atoms with E-state index >= 15 is 0 Å². The lowest BCUT2D eigenvalue weighted by molar-refractivity contribution is 0.416. The molecule has 7 nitrogen and oxygen atoms in total. The van der Waals surface area contributed by atoms with E-state index in [0.29, 0.717) is 39.5 Å². The molecule has 4 N–H and O–H groups in total. The number of halogens is 2. The first kappa shape index (κ1) is 23.6. The first-order chi connectivity index (χ1) is 16.5. The van der Waals surface area contributed by atoms with E-state index in [-0.39, 0.29) is 0 Å². The predicted octanol–water partition coefficient (Wildman–Crippen LogP) is 6.02. The van der Waals surface area contributed by atoms with Crippen molar-refractivity contribution < 1.29 is 4.74 Å². The van der Waals surface area contributed by atoms with Gasteiger partial charge in [0.2, 0.25) is 0 Å². The lowest BCUT2D eigenvalue weighted by Gasteiger charge is -2.13. The first-order valence-corrected chi connectivity index (χ1v) is 11.5. The number of pyridine rings is 1. The molecular weight excluding hydrogens is 471 g/mol. The predicted molar refractivity (Wildman–Crippen MR) is 140 cm³/mol. The largest absolute Gasteiger partial charge is 0.496 e. The van der Waals surface area contributed by atoms with Gasteiger partial charge in [-0.1, -0.05) is 35.3 Å². The van der Waals surface area contributed by atoms with Crippen molar-refractivity contribution in [3.05, 3.63) is 76.9 Å². The van der Waals surface area contributed by atoms with E-state index in [1.807, 2.05) is 48.5 Å². The average Bonchev–Trinajstić information content (AvgIpc) is 2.84. The van der Waals surface area contributed by atoms with Crippen LogP contribution in [0.4, 0.5) is 17.3 Å². The van der Waals surface area contributed by atoms with Crippen molar-refractivity contribution in [2.45, 2.75) is 6.42 Å². The zero-order valence-corrected chi connectivity index (χ0v) is 20.1. The summed E-state index contributed by atoms with van der Waals surface area (Å²) in [6, 6.07) is 18.6. The van der Waals surface area contributed by atoms with Crippen LogP contribution in [0, 0.1) is 0 Å². The summed E-state index contributed by atoms with van der Waals surface area (Å²) in [5.41, 5.74) is 8.59. The Morgan fingerprint density at radius 2 is 1.68 bits per heavy atom. The van der Waals surface area contributed by atoms with Crippen LogP contribution in [0.5, 0.6) is 5.75 Å². The fraction of sp³-hybridized carbons (Fsp3) is 0.160. The normalized spacial score (nSPS) is 10.7. The number of rotatable bonds is 9. The average molecular weight is 495 g/mol. The highest BCUT2D eigenvalue weighted by atomic mass is 35.5. The Labute approximate surface area is 208 Å². The highest BCUT2D eigenvalue weighted by Gasteiger charge is 2.14. The number of anilines is 3. The number of hydrogen-bond acceptors (Lipinski definition) is 7. The molecule has 0 amide bonds. The van der Waals surface area contributed by atoms with Gasteiger partial charge in [0.1, 0.15) is 17.4 Å². The van der Waals surface area contributed by atoms with Crippen molar-refractivity contribution in [2.75, 3.05) is 36.6 Å². The zero-order chi connectivity index (χ0) is 23.9. The Hall–Kier alpha value is -3.55. The number of hydrogen-bond donors (Lipinski definition) is 3. The van der Waals surface area contributed by atoms with Crippen LogP contribution in [-0.4, -0.2) is 35.2 Å². The van der Waals surface area contributed by atoms with Crippen molar-refractivity contribution in [3.63, 3.8) is 0 Å². The smallest absolute Gasteiger partial charge is 0.163 e. The van der Waals surface area contributed by atoms with Crippen molar-refractivity contribution in [3.8, 4) is 28.4 Å². The van der Waals surface area contributed by atoms with E-state index in [0.717, 1.165) is 35.8 Å². The quantitative estimate of drug-likeness (QED) is 0.244. The number of ether oxygens (including phenoxy) is 1. The summed E-state index contributed by atoms with van der Waals surface area (Å²) < 4.78 is 5.54. The fourth-order valence-electron chi connectivity index (χ4n) is 3.35. The van der Waals surface area contributed by atoms with E-state index in [1.54, 1.807) is 25.4 Å². The number of nitrogens with two attached hydrogens (primary N) is 1. The molecule has 0 unspecified atom stereocenters. The molecule has 0 aliphatic rings. The van der Waals surface area contributed by atoms with Crippen LogP contribution < -0.4 is 21.1 Å². The summed E-state index contributed by atoms with van der Waals surface area (Å²) in [4.78, 5) is 13.7. The minimum Gasteiger partial charge on any atom is -0.496 e. The van der Waals surface area contributed by atoms with Gasteiger partial charge < -0.3 is 21.1 Å². The van der Waals surface area contributed by atoms with E-state index < -0.39 is 0 Å². The van der Waals surface area contributed by atoms with Gasteiger partial charge in [0.05, 0.1) is 29.7 Å². The van der Waals surface area contributed by atoms with Crippen molar-refractivity contribution in [1.82, 2.24) is 15.0 Å². The lowest BCUT2D eigenvalue weighted by Crippen LogP contribution is -2.11. The molecule has 174 valence electrons. The van der Waals surface area contributed by atoms with Gasteiger partial charge in [-0.05, 0) is 48.9 Å². The molecule has 0 aliphatic heterocycles. The molecule has 34 heavy (non-hydrogen) atoms. The zero-order valence-electron chi connectivity index (χ0n) is 18.6. The molecule has 0 saturated carbocycles. The molecule has 0 fully saturated rings. The van der Waals surface area contributed by atoms with Gasteiger partial charge in [-0.2, -0.15) is 0 Å². The first-order valence-electron chi connectivity index (χ1n) is 10.7. The van der Waals surface area contributed by atoms with Crippen LogP contribution in [0.2, 0.25) is 10.0 Å². The number of benzene rings is 2. The Kier molecular flexibility index (Phi) is 7.67. The number of aromatic nitrogens is 3. The molecule has 0 radical (unpaired) electrons. The summed E-state index contributed by atoms with van der Waals surface area (Å²) in [7, 11) is 1.64. The topological polar surface area (TPSA) is 98.0 Å². The van der Waals surface area contributed by atoms with Crippen LogP contribution in [-0.2, 0) is 0 Å². The van der Waals surface area contributed by atoms with Gasteiger partial charge in [0, 0.05) is 35.3 Å². The van der Waals surface area contributed by atoms with Gasteiger partial charge in [0.15, 0.2) is 5.82 Å². The van der Waals surface area contributed by atoms with Gasteiger partial charge >= 0.3 is 0 Å². The third kappa shape index (κ3) is 5.87. The summed E-state index contributed by atoms with van der Waals surface area (Å²) >= 11 is 12.5. The fourth-order valence-corrected chi connectivity index (χ4v) is 3.85. The Balaban J connectivity index is 1.55. The molecule has 0 aliphatic carbocycles. The van der Waals surface area contributed by atoms with Crippen LogP contribution in [0.15, 0.2) is 66.9 Å². The van der Waals surface area contributed by atoms with E-state index in [9.17, 15) is 0 Å². The summed E-state index contributed by atoms with van der Waals surface area (Å²) in [6.07, 6.45) is 2.47. The molecular formula is C25H24Cl2N6O. The molecule has 0 saturated heterocycles. The van der Waals surface area contributed by atoms with Crippen LogP contribution in [0.1, 0.15) is 6.42 Å². The second kappa shape index (κ2) is 11.0. The maximum atomic E-state index is 6.46. The van der Waals surface area contributed by atoms with Crippen molar-refractivity contribution in [1.29, 1.82) is 0 Å². The second-order valence-corrected chi connectivity index (χ2v) is 8.31. The number of methoxy groups -OCH3 is 1. The maximum absolute atomic E-state index is 6.46. The van der Waals surface area contributed by atoms with Crippen LogP contribution in [0.25, 0.3) is 22.6 Å². The summed E-state index contributed by atoms with van der Waals surface area (Å²) in [5.74, 6) is 2.69. The van der Waals surface area contributed by atoms with E-state index in [4.69, 9.17) is 43.6 Å². The summed E-state index contributed by atoms with van der Waals surface area (Å²) in [6.45, 7) is 1.43. The van der Waals surface area contributed by atoms with E-state index in [2.05, 4.69) is 15.6 Å². The van der Waals surface area contributed by atoms with Crippen molar-refractivity contribution in [2.24, 2.45) is 0 Å². The monoisotopic (exact) mass is 494 g/mol. The molecule has 4 aromatic rings. The lowest BCUT2D eigenvalue weighted by atomic mass is 10.1. The highest BCUT2D eigenvalue weighted by Crippen LogP contribution is 2.33. The summed E-state index contributed by atoms with van der Waals surface area (Å²) in [5, 5.41) is 7.70. The second-order valence-electron chi connectivity index (χ2n) is 7.47. The molecule has 0 bridgehead atoms. The molecule has 2 aromatic heterocycles. The number of nitrogens with zero attached hydrogens (tertiary/aromatic N) is 3. The molecule has 9 heteroatoms. The Morgan fingerprint density at radius 1 is 0.882 bits per heavy atom. The number of nitrogens with one attached hydrogen (secondary N) is 2. The molecule has 0 spiro atoms. The molecule has 2 aromatic carbocycles. The minimum atomic E-state index is 0.482. The molecule has 2 heterocycles. The van der Waals surface area contributed by atoms with Crippen molar-refractivity contribution >= 4 is 40.5 Å². The number of nitrogen functional groups attached to an aromatic ring is 1.